The Morgan fingerprint density at radius 2 is 1.74 bits per heavy atom. The largest absolute Gasteiger partial charge is 0.497 e. The van der Waals surface area contributed by atoms with Crippen molar-refractivity contribution in [2.75, 3.05) is 19.5 Å². The zero-order valence-corrected chi connectivity index (χ0v) is 17.1. The molecule has 0 radical (unpaired) electrons. The molecule has 142 valence electrons. The van der Waals surface area contributed by atoms with Gasteiger partial charge in [0.05, 0.1) is 26.2 Å². The zero-order chi connectivity index (χ0) is 19.8. The monoisotopic (exact) mass is 481 g/mol. The maximum atomic E-state index is 12.3. The lowest BCUT2D eigenvalue weighted by atomic mass is 10.2. The second-order valence-corrected chi connectivity index (χ2v) is 6.73. The molecule has 27 heavy (non-hydrogen) atoms. The molecule has 2 amide bonds. The van der Waals surface area contributed by atoms with E-state index < -0.39 is 5.91 Å². The molecular weight excluding hydrogens is 461 g/mol. The van der Waals surface area contributed by atoms with Crippen molar-refractivity contribution >= 4 is 40.1 Å². The minimum Gasteiger partial charge on any atom is -0.497 e. The molecule has 2 aromatic carbocycles. The maximum Gasteiger partial charge on any atom is 0.273 e. The predicted molar refractivity (Wildman–Crippen MR) is 112 cm³/mol. The highest BCUT2D eigenvalue weighted by Gasteiger charge is 2.14. The number of amides is 2. The molecule has 0 saturated carbocycles. The number of halogens is 1. The van der Waals surface area contributed by atoms with Gasteiger partial charge in [-0.15, -0.1) is 0 Å². The zero-order valence-electron chi connectivity index (χ0n) is 15.0. The van der Waals surface area contributed by atoms with E-state index in [1.165, 1.54) is 14.2 Å². The molecule has 0 heterocycles. The summed E-state index contributed by atoms with van der Waals surface area (Å²) in [7, 11) is 2.99. The van der Waals surface area contributed by atoms with Crippen molar-refractivity contribution in [2.24, 2.45) is 0 Å². The van der Waals surface area contributed by atoms with Crippen LogP contribution in [0.4, 0.5) is 5.69 Å². The van der Waals surface area contributed by atoms with Crippen LogP contribution < -0.4 is 25.6 Å². The van der Waals surface area contributed by atoms with Gasteiger partial charge in [0.25, 0.3) is 5.91 Å². The first-order valence-corrected chi connectivity index (χ1v) is 9.02. The molecular formula is C19H20IN3O4. The minimum absolute atomic E-state index is 0.00597. The molecule has 2 rings (SSSR count). The number of rotatable bonds is 8. The van der Waals surface area contributed by atoms with Gasteiger partial charge in [-0.05, 0) is 59.0 Å². The summed E-state index contributed by atoms with van der Waals surface area (Å²) in [5.74, 6) is 0.280. The number of benzene rings is 2. The quantitative estimate of drug-likeness (QED) is 0.399. The molecule has 0 aliphatic heterocycles. The standard InChI is InChI=1S/C19H20IN3O4/c1-12(10-18(24)21-14-6-4-13(20)5-7-14)22-23-19(25)16-9-8-15(26-2)11-17(16)27-3/h4-9,11,22H,1,10H2,2-3H3,(H,21,24)(H,23,25). The van der Waals surface area contributed by atoms with E-state index in [4.69, 9.17) is 9.47 Å². The number of methoxy groups -OCH3 is 2. The molecule has 7 nitrogen and oxygen atoms in total. The Morgan fingerprint density at radius 3 is 2.37 bits per heavy atom. The normalized spacial score (nSPS) is 9.89. The van der Waals surface area contributed by atoms with Crippen molar-refractivity contribution in [3.8, 4) is 11.5 Å². The summed E-state index contributed by atoms with van der Waals surface area (Å²) < 4.78 is 11.4. The Bertz CT molecular complexity index is 837. The van der Waals surface area contributed by atoms with Crippen molar-refractivity contribution in [1.82, 2.24) is 10.9 Å². The van der Waals surface area contributed by atoms with Crippen LogP contribution in [0.2, 0.25) is 0 Å². The molecule has 0 atom stereocenters. The van der Waals surface area contributed by atoms with Gasteiger partial charge in [-0.1, -0.05) is 6.58 Å². The van der Waals surface area contributed by atoms with Crippen LogP contribution in [0.1, 0.15) is 16.8 Å². The lowest BCUT2D eigenvalue weighted by Crippen LogP contribution is -2.37. The van der Waals surface area contributed by atoms with E-state index in [2.05, 4.69) is 45.3 Å². The molecule has 0 aliphatic rings. The number of carbonyl (C=O) groups excluding carboxylic acids is 2. The third kappa shape index (κ3) is 6.17. The fourth-order valence-electron chi connectivity index (χ4n) is 2.17. The van der Waals surface area contributed by atoms with E-state index in [1.54, 1.807) is 18.2 Å². The number of hydrogen-bond acceptors (Lipinski definition) is 5. The van der Waals surface area contributed by atoms with Crippen LogP contribution in [0.15, 0.2) is 54.7 Å². The average Bonchev–Trinajstić information content (AvgIpc) is 2.67. The predicted octanol–water partition coefficient (Wildman–Crippen LogP) is 3.09. The number of nitrogens with one attached hydrogen (secondary N) is 3. The van der Waals surface area contributed by atoms with Gasteiger partial charge in [0.2, 0.25) is 5.91 Å². The van der Waals surface area contributed by atoms with Crippen molar-refractivity contribution in [3.05, 3.63) is 63.9 Å². The number of carbonyl (C=O) groups is 2. The molecule has 0 unspecified atom stereocenters. The van der Waals surface area contributed by atoms with Gasteiger partial charge in [-0.3, -0.25) is 15.0 Å². The number of hydrazine groups is 1. The van der Waals surface area contributed by atoms with Crippen molar-refractivity contribution in [2.45, 2.75) is 6.42 Å². The summed E-state index contributed by atoms with van der Waals surface area (Å²) in [6.07, 6.45) is 0.00597. The molecule has 8 heteroatoms. The topological polar surface area (TPSA) is 88.7 Å². The van der Waals surface area contributed by atoms with Crippen LogP contribution in [0.5, 0.6) is 11.5 Å². The number of hydrogen-bond donors (Lipinski definition) is 3. The highest BCUT2D eigenvalue weighted by atomic mass is 127. The Hall–Kier alpha value is -2.75. The molecule has 0 fully saturated rings. The van der Waals surface area contributed by atoms with E-state index >= 15 is 0 Å². The minimum atomic E-state index is -0.423. The van der Waals surface area contributed by atoms with E-state index in [-0.39, 0.29) is 12.3 Å². The van der Waals surface area contributed by atoms with Gasteiger partial charge in [-0.25, -0.2) is 0 Å². The lowest BCUT2D eigenvalue weighted by Gasteiger charge is -2.13. The molecule has 0 spiro atoms. The number of ether oxygens (including phenoxy) is 2. The van der Waals surface area contributed by atoms with Crippen LogP contribution in [0, 0.1) is 3.57 Å². The van der Waals surface area contributed by atoms with E-state index in [0.29, 0.717) is 28.4 Å². The van der Waals surface area contributed by atoms with E-state index in [1.807, 2.05) is 24.3 Å². The summed E-state index contributed by atoms with van der Waals surface area (Å²) in [6.45, 7) is 3.75. The van der Waals surface area contributed by atoms with Gasteiger partial charge < -0.3 is 20.2 Å². The molecule has 3 N–H and O–H groups in total. The van der Waals surface area contributed by atoms with Crippen molar-refractivity contribution in [3.63, 3.8) is 0 Å². The first-order chi connectivity index (χ1) is 12.9. The van der Waals surface area contributed by atoms with Crippen LogP contribution >= 0.6 is 22.6 Å². The van der Waals surface area contributed by atoms with Crippen molar-refractivity contribution < 1.29 is 19.1 Å². The SMILES string of the molecule is C=C(CC(=O)Nc1ccc(I)cc1)NNC(=O)c1ccc(OC)cc1OC. The van der Waals surface area contributed by atoms with Crippen LogP contribution in [-0.2, 0) is 4.79 Å². The first-order valence-electron chi connectivity index (χ1n) is 7.94. The second-order valence-electron chi connectivity index (χ2n) is 5.48. The summed E-state index contributed by atoms with van der Waals surface area (Å²) in [5, 5.41) is 2.76. The third-order valence-electron chi connectivity index (χ3n) is 3.51. The van der Waals surface area contributed by atoms with Crippen LogP contribution in [-0.4, -0.2) is 26.0 Å². The Balaban J connectivity index is 1.86. The fourth-order valence-corrected chi connectivity index (χ4v) is 2.53. The maximum absolute atomic E-state index is 12.3. The third-order valence-corrected chi connectivity index (χ3v) is 4.23. The smallest absolute Gasteiger partial charge is 0.273 e. The molecule has 2 aromatic rings. The van der Waals surface area contributed by atoms with E-state index in [9.17, 15) is 9.59 Å². The Labute approximate surface area is 171 Å². The Morgan fingerprint density at radius 1 is 1.04 bits per heavy atom. The van der Waals surface area contributed by atoms with Gasteiger partial charge in [-0.2, -0.15) is 0 Å². The molecule has 0 bridgehead atoms. The average molecular weight is 481 g/mol. The van der Waals surface area contributed by atoms with E-state index in [0.717, 1.165) is 3.57 Å². The van der Waals surface area contributed by atoms with Gasteiger partial charge >= 0.3 is 0 Å². The second kappa shape index (κ2) is 9.81. The van der Waals surface area contributed by atoms with Gasteiger partial charge in [0.1, 0.15) is 11.5 Å². The highest BCUT2D eigenvalue weighted by molar-refractivity contribution is 14.1. The summed E-state index contributed by atoms with van der Waals surface area (Å²) >= 11 is 2.19. The van der Waals surface area contributed by atoms with Crippen molar-refractivity contribution in [1.29, 1.82) is 0 Å². The molecule has 0 saturated heterocycles. The lowest BCUT2D eigenvalue weighted by molar-refractivity contribution is -0.115. The Kier molecular flexibility index (Phi) is 7.47. The first kappa shape index (κ1) is 20.6. The van der Waals surface area contributed by atoms with Crippen LogP contribution in [0.25, 0.3) is 0 Å². The van der Waals surface area contributed by atoms with Gasteiger partial charge in [0.15, 0.2) is 0 Å². The fraction of sp³-hybridized carbons (Fsp3) is 0.158. The summed E-state index contributed by atoms with van der Waals surface area (Å²) in [5.41, 5.74) is 6.50. The summed E-state index contributed by atoms with van der Waals surface area (Å²) in [6, 6.07) is 12.3. The van der Waals surface area contributed by atoms with Crippen LogP contribution in [0.3, 0.4) is 0 Å². The summed E-state index contributed by atoms with van der Waals surface area (Å²) in [4.78, 5) is 24.3. The van der Waals surface area contributed by atoms with Gasteiger partial charge in [0, 0.05) is 21.0 Å². The molecule has 0 aliphatic carbocycles. The molecule has 0 aromatic heterocycles. The number of anilines is 1. The highest BCUT2D eigenvalue weighted by Crippen LogP contribution is 2.24.